The van der Waals surface area contributed by atoms with E-state index in [1.807, 2.05) is 27.7 Å². The number of amides is 3. The molecule has 0 aromatic carbocycles. The predicted octanol–water partition coefficient (Wildman–Crippen LogP) is 0.690. The van der Waals surface area contributed by atoms with Gasteiger partial charge in [-0.3, -0.25) is 10.1 Å². The van der Waals surface area contributed by atoms with E-state index in [4.69, 9.17) is 5.11 Å². The lowest BCUT2D eigenvalue weighted by atomic mass is 9.87. The van der Waals surface area contributed by atoms with Crippen molar-refractivity contribution < 1.29 is 24.2 Å². The highest BCUT2D eigenvalue weighted by atomic mass is 16.5. The second-order valence-corrected chi connectivity index (χ2v) is 5.39. The minimum Gasteiger partial charge on any atom is -0.480 e. The summed E-state index contributed by atoms with van der Waals surface area (Å²) in [7, 11) is 1.59. The third-order valence-corrected chi connectivity index (χ3v) is 2.86. The van der Waals surface area contributed by atoms with Crippen LogP contribution in [0.2, 0.25) is 0 Å². The number of carboxylic acid groups (broad SMARTS) is 1. The van der Waals surface area contributed by atoms with Gasteiger partial charge in [0.15, 0.2) is 0 Å². The summed E-state index contributed by atoms with van der Waals surface area (Å²) < 4.78 is 4.58. The van der Waals surface area contributed by atoms with Crippen molar-refractivity contribution in [2.75, 3.05) is 20.3 Å². The number of nitrogens with zero attached hydrogens (tertiary/aromatic N) is 1. The van der Waals surface area contributed by atoms with Crippen LogP contribution >= 0.6 is 0 Å². The molecule has 110 valence electrons. The van der Waals surface area contributed by atoms with Crippen molar-refractivity contribution in [1.29, 1.82) is 0 Å². The first kappa shape index (κ1) is 17.4. The van der Waals surface area contributed by atoms with Crippen LogP contribution in [0.25, 0.3) is 0 Å². The molecule has 0 rings (SSSR count). The Hall–Kier alpha value is -1.63. The molecule has 0 radical (unpaired) electrons. The third kappa shape index (κ3) is 6.76. The van der Waals surface area contributed by atoms with Crippen LogP contribution in [0.3, 0.4) is 0 Å². The first-order valence-corrected chi connectivity index (χ1v) is 5.92. The molecular formula is C12H22N2O5. The number of carbonyl (C=O) groups is 3. The van der Waals surface area contributed by atoms with Crippen LogP contribution in [0.1, 0.15) is 27.7 Å². The summed E-state index contributed by atoms with van der Waals surface area (Å²) in [6.45, 7) is 6.80. The summed E-state index contributed by atoms with van der Waals surface area (Å²) in [5, 5.41) is 10.5. The number of hydrogen-bond donors (Lipinski definition) is 2. The molecule has 0 aliphatic heterocycles. The van der Waals surface area contributed by atoms with Crippen LogP contribution < -0.4 is 5.32 Å². The van der Waals surface area contributed by atoms with E-state index in [9.17, 15) is 14.4 Å². The fraction of sp³-hybridized carbons (Fsp3) is 0.750. The van der Waals surface area contributed by atoms with Crippen LogP contribution in [-0.4, -0.2) is 54.2 Å². The summed E-state index contributed by atoms with van der Waals surface area (Å²) in [6.07, 6.45) is 0. The van der Waals surface area contributed by atoms with Crippen LogP contribution in [-0.2, 0) is 14.3 Å². The normalized spacial score (nSPS) is 12.7. The van der Waals surface area contributed by atoms with Gasteiger partial charge in [-0.05, 0) is 12.3 Å². The first-order valence-electron chi connectivity index (χ1n) is 5.92. The number of hydrogen-bond acceptors (Lipinski definition) is 4. The molecule has 0 saturated heterocycles. The van der Waals surface area contributed by atoms with Crippen molar-refractivity contribution in [2.45, 2.75) is 33.7 Å². The summed E-state index contributed by atoms with van der Waals surface area (Å²) in [5.41, 5.74) is -0.116. The largest absolute Gasteiger partial charge is 0.480 e. The van der Waals surface area contributed by atoms with Gasteiger partial charge in [0.1, 0.15) is 13.2 Å². The maximum Gasteiger partial charge on any atom is 0.329 e. The molecule has 19 heavy (non-hydrogen) atoms. The zero-order valence-corrected chi connectivity index (χ0v) is 12.0. The quantitative estimate of drug-likeness (QED) is 0.769. The fourth-order valence-electron chi connectivity index (χ4n) is 1.23. The van der Waals surface area contributed by atoms with Crippen LogP contribution in [0.5, 0.6) is 0 Å². The lowest BCUT2D eigenvalue weighted by molar-refractivity contribution is -0.143. The van der Waals surface area contributed by atoms with Gasteiger partial charge in [0.05, 0.1) is 0 Å². The number of aliphatic carboxylic acids is 1. The van der Waals surface area contributed by atoms with E-state index < -0.39 is 31.1 Å². The maximum absolute atomic E-state index is 11.8. The molecule has 0 saturated carbocycles. The van der Waals surface area contributed by atoms with Gasteiger partial charge in [0, 0.05) is 13.1 Å². The molecule has 1 unspecified atom stereocenters. The summed E-state index contributed by atoms with van der Waals surface area (Å²) in [4.78, 5) is 34.7. The molecule has 0 heterocycles. The Morgan fingerprint density at radius 1 is 1.26 bits per heavy atom. The minimum absolute atomic E-state index is 0.0692. The summed E-state index contributed by atoms with van der Waals surface area (Å²) in [6, 6.07) is -0.605. The minimum atomic E-state index is -1.17. The van der Waals surface area contributed by atoms with E-state index in [1.165, 1.54) is 4.90 Å². The molecule has 0 spiro atoms. The molecular weight excluding hydrogens is 252 g/mol. The number of carboxylic acids is 1. The van der Waals surface area contributed by atoms with E-state index >= 15 is 0 Å². The Bertz CT molecular complexity index is 349. The van der Waals surface area contributed by atoms with Gasteiger partial charge in [-0.15, -0.1) is 0 Å². The third-order valence-electron chi connectivity index (χ3n) is 2.86. The van der Waals surface area contributed by atoms with Crippen LogP contribution in [0.4, 0.5) is 4.79 Å². The number of nitrogens with one attached hydrogen (secondary N) is 1. The zero-order valence-electron chi connectivity index (χ0n) is 12.0. The van der Waals surface area contributed by atoms with Crippen molar-refractivity contribution in [3.63, 3.8) is 0 Å². The lowest BCUT2D eigenvalue weighted by Crippen LogP contribution is -2.49. The Kier molecular flexibility index (Phi) is 6.47. The van der Waals surface area contributed by atoms with Gasteiger partial charge < -0.3 is 14.7 Å². The molecule has 7 nitrogen and oxygen atoms in total. The monoisotopic (exact) mass is 274 g/mol. The Morgan fingerprint density at radius 2 is 1.79 bits per heavy atom. The highest BCUT2D eigenvalue weighted by Crippen LogP contribution is 2.22. The summed E-state index contributed by atoms with van der Waals surface area (Å²) >= 11 is 0. The average Bonchev–Trinajstić information content (AvgIpc) is 2.24. The average molecular weight is 274 g/mol. The molecule has 0 aliphatic carbocycles. The molecule has 0 aliphatic rings. The highest BCUT2D eigenvalue weighted by Gasteiger charge is 2.27. The second kappa shape index (κ2) is 7.08. The van der Waals surface area contributed by atoms with Crippen LogP contribution in [0, 0.1) is 5.41 Å². The number of rotatable bonds is 5. The number of urea groups is 1. The standard InChI is InChI=1S/C12H22N2O5/c1-8(12(2,3)4)14(5)11(18)13-9(15)6-19-7-10(16)17/h8H,6-7H2,1-5H3,(H,16,17)(H,13,15,18). The Balaban J connectivity index is 4.22. The van der Waals surface area contributed by atoms with E-state index in [-0.39, 0.29) is 11.5 Å². The summed E-state index contributed by atoms with van der Waals surface area (Å²) in [5.74, 6) is -1.84. The fourth-order valence-corrected chi connectivity index (χ4v) is 1.23. The highest BCUT2D eigenvalue weighted by molar-refractivity contribution is 5.95. The maximum atomic E-state index is 11.8. The number of carbonyl (C=O) groups excluding carboxylic acids is 2. The predicted molar refractivity (Wildman–Crippen MR) is 68.7 cm³/mol. The molecule has 0 fully saturated rings. The molecule has 0 bridgehead atoms. The van der Waals surface area contributed by atoms with Gasteiger partial charge in [-0.25, -0.2) is 9.59 Å². The lowest BCUT2D eigenvalue weighted by Gasteiger charge is -2.35. The van der Waals surface area contributed by atoms with Gasteiger partial charge in [-0.2, -0.15) is 0 Å². The van der Waals surface area contributed by atoms with Gasteiger partial charge in [0.2, 0.25) is 0 Å². The van der Waals surface area contributed by atoms with Gasteiger partial charge in [0.25, 0.3) is 5.91 Å². The molecule has 3 amide bonds. The van der Waals surface area contributed by atoms with Crippen molar-refractivity contribution in [2.24, 2.45) is 5.41 Å². The zero-order chi connectivity index (χ0) is 15.2. The number of ether oxygens (including phenoxy) is 1. The van der Waals surface area contributed by atoms with Gasteiger partial charge in [-0.1, -0.05) is 20.8 Å². The molecule has 0 aromatic rings. The number of imide groups is 1. The van der Waals surface area contributed by atoms with Crippen molar-refractivity contribution in [3.05, 3.63) is 0 Å². The molecule has 7 heteroatoms. The smallest absolute Gasteiger partial charge is 0.329 e. The van der Waals surface area contributed by atoms with Crippen molar-refractivity contribution in [3.8, 4) is 0 Å². The van der Waals surface area contributed by atoms with Crippen LogP contribution in [0.15, 0.2) is 0 Å². The molecule has 0 aromatic heterocycles. The van der Waals surface area contributed by atoms with Crippen molar-refractivity contribution >= 4 is 17.9 Å². The molecule has 2 N–H and O–H groups in total. The van der Waals surface area contributed by atoms with Gasteiger partial charge >= 0.3 is 12.0 Å². The SMILES string of the molecule is CC(N(C)C(=O)NC(=O)COCC(=O)O)C(C)(C)C. The topological polar surface area (TPSA) is 95.9 Å². The Labute approximate surface area is 112 Å². The first-order chi connectivity index (χ1) is 8.55. The van der Waals surface area contributed by atoms with E-state index in [0.29, 0.717) is 0 Å². The van der Waals surface area contributed by atoms with E-state index in [0.717, 1.165) is 0 Å². The van der Waals surface area contributed by atoms with E-state index in [2.05, 4.69) is 10.1 Å². The van der Waals surface area contributed by atoms with Crippen molar-refractivity contribution in [1.82, 2.24) is 10.2 Å². The Morgan fingerprint density at radius 3 is 2.21 bits per heavy atom. The second-order valence-electron chi connectivity index (χ2n) is 5.39. The molecule has 1 atom stereocenters. The van der Waals surface area contributed by atoms with E-state index in [1.54, 1.807) is 7.05 Å².